The molecular weight excluding hydrogens is 252 g/mol. The van der Waals surface area contributed by atoms with E-state index in [1.165, 1.54) is 0 Å². The predicted molar refractivity (Wildman–Crippen MR) is 80.2 cm³/mol. The molecule has 1 aliphatic rings. The van der Waals surface area contributed by atoms with Gasteiger partial charge in [-0.3, -0.25) is 4.90 Å². The second-order valence-corrected chi connectivity index (χ2v) is 5.47. The van der Waals surface area contributed by atoms with Crippen molar-refractivity contribution in [2.45, 2.75) is 6.92 Å². The molecule has 0 amide bonds. The van der Waals surface area contributed by atoms with Crippen LogP contribution < -0.4 is 5.32 Å². The molecule has 6 nitrogen and oxygen atoms in total. The summed E-state index contributed by atoms with van der Waals surface area (Å²) in [5, 5.41) is 7.76. The summed E-state index contributed by atoms with van der Waals surface area (Å²) in [4.78, 5) is 9.37. The van der Waals surface area contributed by atoms with Gasteiger partial charge in [0, 0.05) is 45.5 Å². The highest BCUT2D eigenvalue weighted by Gasteiger charge is 2.13. The summed E-state index contributed by atoms with van der Waals surface area (Å²) in [6, 6.07) is 4.04. The summed E-state index contributed by atoms with van der Waals surface area (Å²) in [5.41, 5.74) is 2.07. The molecule has 0 spiro atoms. The van der Waals surface area contributed by atoms with Gasteiger partial charge in [-0.25, -0.2) is 4.52 Å². The zero-order valence-corrected chi connectivity index (χ0v) is 12.2. The molecule has 0 bridgehead atoms. The number of pyridine rings is 1. The Bertz CT molecular complexity index is 570. The van der Waals surface area contributed by atoms with Crippen molar-refractivity contribution < 1.29 is 0 Å². The van der Waals surface area contributed by atoms with E-state index in [0.717, 1.165) is 50.5 Å². The topological polar surface area (TPSA) is 48.7 Å². The Morgan fingerprint density at radius 3 is 2.80 bits per heavy atom. The van der Waals surface area contributed by atoms with Crippen LogP contribution >= 0.6 is 0 Å². The van der Waals surface area contributed by atoms with Crippen molar-refractivity contribution in [3.63, 3.8) is 0 Å². The second-order valence-electron chi connectivity index (χ2n) is 5.47. The van der Waals surface area contributed by atoms with Crippen molar-refractivity contribution in [2.75, 3.05) is 51.6 Å². The summed E-state index contributed by atoms with van der Waals surface area (Å²) >= 11 is 0. The lowest BCUT2D eigenvalue weighted by atomic mass is 10.3. The largest absolute Gasteiger partial charge is 0.352 e. The van der Waals surface area contributed by atoms with Crippen LogP contribution in [0, 0.1) is 6.92 Å². The third-order valence-electron chi connectivity index (χ3n) is 3.86. The molecule has 20 heavy (non-hydrogen) atoms. The molecule has 0 radical (unpaired) electrons. The smallest absolute Gasteiger partial charge is 0.243 e. The third-order valence-corrected chi connectivity index (χ3v) is 3.86. The van der Waals surface area contributed by atoms with E-state index >= 15 is 0 Å². The summed E-state index contributed by atoms with van der Waals surface area (Å²) in [6.45, 7) is 8.60. The van der Waals surface area contributed by atoms with Crippen molar-refractivity contribution in [3.8, 4) is 0 Å². The van der Waals surface area contributed by atoms with Crippen LogP contribution in [0.1, 0.15) is 5.56 Å². The van der Waals surface area contributed by atoms with Crippen LogP contribution in [-0.4, -0.2) is 70.7 Å². The summed E-state index contributed by atoms with van der Waals surface area (Å²) in [5.74, 6) is 0.716. The lowest BCUT2D eigenvalue weighted by molar-refractivity contribution is 0.158. The highest BCUT2D eigenvalue weighted by Crippen LogP contribution is 2.09. The van der Waals surface area contributed by atoms with Crippen molar-refractivity contribution >= 4 is 11.6 Å². The van der Waals surface area contributed by atoms with Gasteiger partial charge in [-0.05, 0) is 25.6 Å². The lowest BCUT2D eigenvalue weighted by Gasteiger charge is -2.32. The summed E-state index contributed by atoms with van der Waals surface area (Å²) in [7, 11) is 2.18. The second kappa shape index (κ2) is 5.76. The highest BCUT2D eigenvalue weighted by atomic mass is 15.3. The van der Waals surface area contributed by atoms with Crippen LogP contribution in [-0.2, 0) is 0 Å². The van der Waals surface area contributed by atoms with E-state index in [2.05, 4.69) is 45.2 Å². The Labute approximate surface area is 119 Å². The Morgan fingerprint density at radius 1 is 1.25 bits per heavy atom. The van der Waals surface area contributed by atoms with Gasteiger partial charge in [0.15, 0.2) is 5.65 Å². The number of hydrogen-bond donors (Lipinski definition) is 1. The average Bonchev–Trinajstić information content (AvgIpc) is 2.85. The van der Waals surface area contributed by atoms with E-state index in [1.54, 1.807) is 0 Å². The summed E-state index contributed by atoms with van der Waals surface area (Å²) in [6.07, 6.45) is 1.93. The molecule has 1 saturated heterocycles. The van der Waals surface area contributed by atoms with Gasteiger partial charge >= 0.3 is 0 Å². The quantitative estimate of drug-likeness (QED) is 0.889. The zero-order valence-electron chi connectivity index (χ0n) is 12.2. The van der Waals surface area contributed by atoms with Crippen LogP contribution in [0.5, 0.6) is 0 Å². The molecule has 108 valence electrons. The van der Waals surface area contributed by atoms with Crippen LogP contribution in [0.2, 0.25) is 0 Å². The standard InChI is InChI=1S/C14H22N6/c1-12-4-3-6-20-13(12)16-14(17-20)15-5-7-19-10-8-18(2)9-11-19/h3-4,6H,5,7-11H2,1-2H3,(H,15,17). The first-order valence-corrected chi connectivity index (χ1v) is 7.19. The highest BCUT2D eigenvalue weighted by molar-refractivity contribution is 5.49. The minimum absolute atomic E-state index is 0.716. The number of likely N-dealkylation sites (N-methyl/N-ethyl adjacent to an activating group) is 1. The van der Waals surface area contributed by atoms with Crippen molar-refractivity contribution in [1.82, 2.24) is 24.4 Å². The van der Waals surface area contributed by atoms with E-state index in [9.17, 15) is 0 Å². The number of nitrogens with zero attached hydrogens (tertiary/aromatic N) is 5. The Kier molecular flexibility index (Phi) is 3.84. The first kappa shape index (κ1) is 13.3. The Morgan fingerprint density at radius 2 is 2.05 bits per heavy atom. The van der Waals surface area contributed by atoms with Crippen molar-refractivity contribution in [3.05, 3.63) is 23.9 Å². The number of hydrogen-bond acceptors (Lipinski definition) is 5. The molecule has 2 aromatic heterocycles. The van der Waals surface area contributed by atoms with E-state index in [4.69, 9.17) is 0 Å². The van der Waals surface area contributed by atoms with Crippen molar-refractivity contribution in [2.24, 2.45) is 0 Å². The average molecular weight is 274 g/mol. The molecule has 0 unspecified atom stereocenters. The number of fused-ring (bicyclic) bond motifs is 1. The number of nitrogens with one attached hydrogen (secondary N) is 1. The maximum absolute atomic E-state index is 4.52. The SMILES string of the molecule is Cc1cccn2nc(NCCN3CCN(C)CC3)nc12. The van der Waals surface area contributed by atoms with Gasteiger partial charge in [-0.2, -0.15) is 4.98 Å². The first-order valence-electron chi connectivity index (χ1n) is 7.19. The van der Waals surface area contributed by atoms with Gasteiger partial charge < -0.3 is 10.2 Å². The predicted octanol–water partition coefficient (Wildman–Crippen LogP) is 0.697. The molecular formula is C14H22N6. The molecule has 6 heteroatoms. The zero-order chi connectivity index (χ0) is 13.9. The minimum Gasteiger partial charge on any atom is -0.352 e. The third kappa shape index (κ3) is 2.91. The van der Waals surface area contributed by atoms with Gasteiger partial charge in [0.1, 0.15) is 0 Å². The fraction of sp³-hybridized carbons (Fsp3) is 0.571. The number of anilines is 1. The van der Waals surface area contributed by atoms with Crippen LogP contribution in [0.15, 0.2) is 18.3 Å². The molecule has 3 rings (SSSR count). The van der Waals surface area contributed by atoms with E-state index in [1.807, 2.05) is 16.8 Å². The molecule has 0 saturated carbocycles. The van der Waals surface area contributed by atoms with Gasteiger partial charge in [0.25, 0.3) is 0 Å². The van der Waals surface area contributed by atoms with E-state index in [-0.39, 0.29) is 0 Å². The molecule has 0 atom stereocenters. The number of piperazine rings is 1. The van der Waals surface area contributed by atoms with Gasteiger partial charge in [-0.15, -0.1) is 5.10 Å². The maximum Gasteiger partial charge on any atom is 0.243 e. The van der Waals surface area contributed by atoms with E-state index in [0.29, 0.717) is 5.95 Å². The molecule has 0 aliphatic carbocycles. The van der Waals surface area contributed by atoms with Gasteiger partial charge in [0.2, 0.25) is 5.95 Å². The van der Waals surface area contributed by atoms with Crippen LogP contribution in [0.4, 0.5) is 5.95 Å². The number of rotatable bonds is 4. The molecule has 2 aromatic rings. The molecule has 0 aromatic carbocycles. The monoisotopic (exact) mass is 274 g/mol. The lowest BCUT2D eigenvalue weighted by Crippen LogP contribution is -2.45. The molecule has 3 heterocycles. The number of aryl methyl sites for hydroxylation is 1. The molecule has 1 N–H and O–H groups in total. The van der Waals surface area contributed by atoms with Crippen molar-refractivity contribution in [1.29, 1.82) is 0 Å². The molecule has 1 aliphatic heterocycles. The summed E-state index contributed by atoms with van der Waals surface area (Å²) < 4.78 is 1.83. The minimum atomic E-state index is 0.716. The van der Waals surface area contributed by atoms with Gasteiger partial charge in [-0.1, -0.05) is 6.07 Å². The Hall–Kier alpha value is -1.66. The van der Waals surface area contributed by atoms with Crippen LogP contribution in [0.25, 0.3) is 5.65 Å². The first-order chi connectivity index (χ1) is 9.72. The van der Waals surface area contributed by atoms with Gasteiger partial charge in [0.05, 0.1) is 0 Å². The van der Waals surface area contributed by atoms with E-state index < -0.39 is 0 Å². The normalized spacial score (nSPS) is 17.7. The van der Waals surface area contributed by atoms with Crippen LogP contribution in [0.3, 0.4) is 0 Å². The maximum atomic E-state index is 4.52. The Balaban J connectivity index is 1.53. The fourth-order valence-electron chi connectivity index (χ4n) is 2.51. The number of aromatic nitrogens is 3. The fourth-order valence-corrected chi connectivity index (χ4v) is 2.51. The molecule has 1 fully saturated rings.